The van der Waals surface area contributed by atoms with Gasteiger partial charge in [0.25, 0.3) is 0 Å². The monoisotopic (exact) mass is 290 g/mol. The minimum absolute atomic E-state index is 0.0872. The predicted octanol–water partition coefficient (Wildman–Crippen LogP) is 2.20. The van der Waals surface area contributed by atoms with Crippen LogP contribution in [0.5, 0.6) is 5.75 Å². The van der Waals surface area contributed by atoms with Crippen molar-refractivity contribution >= 4 is 5.91 Å². The molecule has 2 N–H and O–H groups in total. The minimum Gasteiger partial charge on any atom is -0.406 e. The average Bonchev–Trinajstić information content (AvgIpc) is 2.36. The Balaban J connectivity index is 2.36. The molecular weight excluding hydrogens is 273 g/mol. The van der Waals surface area contributed by atoms with Gasteiger partial charge < -0.3 is 15.4 Å². The highest BCUT2D eigenvalue weighted by molar-refractivity contribution is 5.75. The first-order valence-electron chi connectivity index (χ1n) is 6.16. The molecule has 0 fully saturated rings. The first-order chi connectivity index (χ1) is 9.40. The summed E-state index contributed by atoms with van der Waals surface area (Å²) in [4.78, 5) is 11.4. The Labute approximate surface area is 115 Å². The van der Waals surface area contributed by atoms with Crippen LogP contribution < -0.4 is 15.4 Å². The van der Waals surface area contributed by atoms with E-state index in [1.165, 1.54) is 24.3 Å². The van der Waals surface area contributed by atoms with Gasteiger partial charge in [-0.3, -0.25) is 4.79 Å². The van der Waals surface area contributed by atoms with Gasteiger partial charge in [-0.15, -0.1) is 13.2 Å². The van der Waals surface area contributed by atoms with E-state index in [0.717, 1.165) is 13.0 Å². The molecule has 1 aromatic carbocycles. The molecule has 0 saturated heterocycles. The Morgan fingerprint density at radius 1 is 1.25 bits per heavy atom. The highest BCUT2D eigenvalue weighted by atomic mass is 19.4. The second-order valence-electron chi connectivity index (χ2n) is 4.18. The Hall–Kier alpha value is -1.76. The van der Waals surface area contributed by atoms with Crippen molar-refractivity contribution in [3.8, 4) is 5.75 Å². The van der Waals surface area contributed by atoms with Crippen molar-refractivity contribution in [3.63, 3.8) is 0 Å². The van der Waals surface area contributed by atoms with Crippen LogP contribution in [0.2, 0.25) is 0 Å². The predicted molar refractivity (Wildman–Crippen MR) is 68.1 cm³/mol. The van der Waals surface area contributed by atoms with Crippen LogP contribution in [0, 0.1) is 0 Å². The van der Waals surface area contributed by atoms with Crippen LogP contribution in [-0.2, 0) is 11.3 Å². The molecule has 20 heavy (non-hydrogen) atoms. The van der Waals surface area contributed by atoms with Crippen molar-refractivity contribution in [1.82, 2.24) is 10.6 Å². The van der Waals surface area contributed by atoms with Gasteiger partial charge in [0.1, 0.15) is 5.75 Å². The van der Waals surface area contributed by atoms with Gasteiger partial charge in [-0.25, -0.2) is 0 Å². The van der Waals surface area contributed by atoms with E-state index in [0.29, 0.717) is 12.0 Å². The summed E-state index contributed by atoms with van der Waals surface area (Å²) < 4.78 is 39.6. The lowest BCUT2D eigenvalue weighted by Crippen LogP contribution is -2.23. The fourth-order valence-electron chi connectivity index (χ4n) is 1.52. The molecule has 1 rings (SSSR count). The zero-order chi connectivity index (χ0) is 15.0. The number of carbonyl (C=O) groups excluding carboxylic acids is 1. The number of nitrogens with one attached hydrogen (secondary N) is 2. The smallest absolute Gasteiger partial charge is 0.406 e. The summed E-state index contributed by atoms with van der Waals surface area (Å²) in [5.74, 6) is -0.363. The third-order valence-electron chi connectivity index (χ3n) is 2.48. The number of alkyl halides is 3. The second kappa shape index (κ2) is 7.74. The van der Waals surface area contributed by atoms with Gasteiger partial charge in [-0.1, -0.05) is 12.1 Å². The van der Waals surface area contributed by atoms with Gasteiger partial charge in [0.2, 0.25) is 5.91 Å². The third-order valence-corrected chi connectivity index (χ3v) is 2.48. The van der Waals surface area contributed by atoms with E-state index in [4.69, 9.17) is 0 Å². The summed E-state index contributed by atoms with van der Waals surface area (Å²) in [5, 5.41) is 5.63. The summed E-state index contributed by atoms with van der Waals surface area (Å²) in [5.41, 5.74) is 0.710. The van der Waals surface area contributed by atoms with Gasteiger partial charge in [-0.2, -0.15) is 0 Å². The quantitative estimate of drug-likeness (QED) is 0.757. The zero-order valence-corrected chi connectivity index (χ0v) is 11.1. The first kappa shape index (κ1) is 16.3. The largest absolute Gasteiger partial charge is 0.573 e. The molecule has 112 valence electrons. The van der Waals surface area contributed by atoms with E-state index in [-0.39, 0.29) is 18.2 Å². The van der Waals surface area contributed by atoms with Gasteiger partial charge >= 0.3 is 6.36 Å². The molecular formula is C13H17F3N2O2. The number of hydrogen-bond donors (Lipinski definition) is 2. The topological polar surface area (TPSA) is 50.4 Å². The highest BCUT2D eigenvalue weighted by Crippen LogP contribution is 2.22. The average molecular weight is 290 g/mol. The van der Waals surface area contributed by atoms with Gasteiger partial charge in [-0.05, 0) is 37.7 Å². The molecule has 0 heterocycles. The van der Waals surface area contributed by atoms with E-state index in [1.54, 1.807) is 0 Å². The lowest BCUT2D eigenvalue weighted by molar-refractivity contribution is -0.274. The standard InChI is InChI=1S/C13H17F3N2O2/c1-17-8-2-3-12(19)18-9-10-4-6-11(7-5-10)20-13(14,15)16/h4-7,17H,2-3,8-9H2,1H3,(H,18,19). The van der Waals surface area contributed by atoms with Crippen LogP contribution in [0.1, 0.15) is 18.4 Å². The number of carbonyl (C=O) groups is 1. The van der Waals surface area contributed by atoms with Crippen LogP contribution in [0.4, 0.5) is 13.2 Å². The number of amides is 1. The van der Waals surface area contributed by atoms with Gasteiger partial charge in [0.05, 0.1) is 0 Å². The maximum Gasteiger partial charge on any atom is 0.573 e. The zero-order valence-electron chi connectivity index (χ0n) is 11.1. The lowest BCUT2D eigenvalue weighted by atomic mass is 10.2. The lowest BCUT2D eigenvalue weighted by Gasteiger charge is -2.09. The molecule has 1 amide bonds. The Kier molecular flexibility index (Phi) is 6.30. The summed E-state index contributed by atoms with van der Waals surface area (Å²) >= 11 is 0. The van der Waals surface area contributed by atoms with Crippen molar-refractivity contribution in [2.45, 2.75) is 25.7 Å². The van der Waals surface area contributed by atoms with Gasteiger partial charge in [0.15, 0.2) is 0 Å². The summed E-state index contributed by atoms with van der Waals surface area (Å²) in [7, 11) is 1.81. The van der Waals surface area contributed by atoms with E-state index >= 15 is 0 Å². The number of ether oxygens (including phenoxy) is 1. The number of rotatable bonds is 7. The Morgan fingerprint density at radius 2 is 1.90 bits per heavy atom. The van der Waals surface area contributed by atoms with Crippen LogP contribution in [0.25, 0.3) is 0 Å². The molecule has 0 aliphatic rings. The van der Waals surface area contributed by atoms with Crippen molar-refractivity contribution in [2.75, 3.05) is 13.6 Å². The molecule has 0 aliphatic heterocycles. The van der Waals surface area contributed by atoms with Crippen molar-refractivity contribution in [2.24, 2.45) is 0 Å². The highest BCUT2D eigenvalue weighted by Gasteiger charge is 2.30. The van der Waals surface area contributed by atoms with Crippen LogP contribution in [0.15, 0.2) is 24.3 Å². The third kappa shape index (κ3) is 6.98. The molecule has 0 aliphatic carbocycles. The maximum atomic E-state index is 12.0. The number of hydrogen-bond acceptors (Lipinski definition) is 3. The molecule has 0 spiro atoms. The van der Waals surface area contributed by atoms with Crippen molar-refractivity contribution < 1.29 is 22.7 Å². The molecule has 7 heteroatoms. The van der Waals surface area contributed by atoms with E-state index in [2.05, 4.69) is 15.4 Å². The van der Waals surface area contributed by atoms with E-state index in [1.807, 2.05) is 7.05 Å². The summed E-state index contributed by atoms with van der Waals surface area (Å²) in [6.07, 6.45) is -3.54. The molecule has 0 radical (unpaired) electrons. The molecule has 0 saturated carbocycles. The number of benzene rings is 1. The Morgan fingerprint density at radius 3 is 2.45 bits per heavy atom. The first-order valence-corrected chi connectivity index (χ1v) is 6.16. The summed E-state index contributed by atoms with van der Waals surface area (Å²) in [6, 6.07) is 5.40. The molecule has 0 unspecified atom stereocenters. The molecule has 4 nitrogen and oxygen atoms in total. The minimum atomic E-state index is -4.69. The molecule has 1 aromatic rings. The fourth-order valence-corrected chi connectivity index (χ4v) is 1.52. The van der Waals surface area contributed by atoms with Crippen molar-refractivity contribution in [3.05, 3.63) is 29.8 Å². The molecule has 0 atom stereocenters. The molecule has 0 aromatic heterocycles. The fraction of sp³-hybridized carbons (Fsp3) is 0.462. The van der Waals surface area contributed by atoms with Gasteiger partial charge in [0, 0.05) is 13.0 Å². The van der Waals surface area contributed by atoms with Crippen LogP contribution in [0.3, 0.4) is 0 Å². The number of halogens is 3. The summed E-state index contributed by atoms with van der Waals surface area (Å²) in [6.45, 7) is 1.04. The normalized spacial score (nSPS) is 11.2. The maximum absolute atomic E-state index is 12.0. The second-order valence-corrected chi connectivity index (χ2v) is 4.18. The Bertz CT molecular complexity index is 419. The van der Waals surface area contributed by atoms with E-state index < -0.39 is 6.36 Å². The SMILES string of the molecule is CNCCCC(=O)NCc1ccc(OC(F)(F)F)cc1. The molecule has 0 bridgehead atoms. The van der Waals surface area contributed by atoms with Crippen molar-refractivity contribution in [1.29, 1.82) is 0 Å². The van der Waals surface area contributed by atoms with E-state index in [9.17, 15) is 18.0 Å². The van der Waals surface area contributed by atoms with Crippen LogP contribution in [-0.4, -0.2) is 25.9 Å². The van der Waals surface area contributed by atoms with Crippen LogP contribution >= 0.6 is 0 Å².